The van der Waals surface area contributed by atoms with E-state index >= 15 is 0 Å². The Balaban J connectivity index is 2.13. The lowest BCUT2D eigenvalue weighted by molar-refractivity contribution is -0.778. The number of carbonyl (C=O) groups is 1. The fraction of sp³-hybridized carbons (Fsp3) is 0.824. The fourth-order valence-electron chi connectivity index (χ4n) is 3.79. The van der Waals surface area contributed by atoms with Crippen molar-refractivity contribution in [3.63, 3.8) is 0 Å². The zero-order chi connectivity index (χ0) is 18.8. The number of aromatic nitrogens is 2. The zero-order valence-corrected chi connectivity index (χ0v) is 16.9. The second kappa shape index (κ2) is 7.53. The summed E-state index contributed by atoms with van der Waals surface area (Å²) in [6.07, 6.45) is 5.94. The number of carbonyl (C=O) groups excluding carboxylic acids is 1. The summed E-state index contributed by atoms with van der Waals surface area (Å²) in [6, 6.07) is -0.324. The van der Waals surface area contributed by atoms with Crippen LogP contribution in [0, 0.1) is 5.41 Å². The zero-order valence-electron chi connectivity index (χ0n) is 16.1. The number of piperidine rings is 1. The maximum atomic E-state index is 12.9. The van der Waals surface area contributed by atoms with Crippen LogP contribution < -0.4 is 20.8 Å². The van der Waals surface area contributed by atoms with E-state index < -0.39 is 6.04 Å². The van der Waals surface area contributed by atoms with Gasteiger partial charge in [-0.15, -0.1) is 0 Å². The summed E-state index contributed by atoms with van der Waals surface area (Å²) in [6.45, 7) is 8.88. The van der Waals surface area contributed by atoms with E-state index in [1.807, 2.05) is 6.26 Å². The topological polar surface area (TPSA) is 87.3 Å². The SMILES string of the molecule is CSCCC(C(=O)NC1CC(C)(C)N(C)C(C)(C)C1)[n+]1cc(=N)o[n-]1. The van der Waals surface area contributed by atoms with Crippen molar-refractivity contribution in [2.75, 3.05) is 19.1 Å². The van der Waals surface area contributed by atoms with Crippen molar-refractivity contribution in [2.45, 2.75) is 70.1 Å². The van der Waals surface area contributed by atoms with Gasteiger partial charge in [0.2, 0.25) is 12.2 Å². The summed E-state index contributed by atoms with van der Waals surface area (Å²) in [7, 11) is 2.15. The van der Waals surface area contributed by atoms with Gasteiger partial charge in [-0.3, -0.25) is 20.4 Å². The largest absolute Gasteiger partial charge is 0.487 e. The Morgan fingerprint density at radius 3 is 2.56 bits per heavy atom. The third kappa shape index (κ3) is 4.67. The summed E-state index contributed by atoms with van der Waals surface area (Å²) >= 11 is 1.69. The Labute approximate surface area is 154 Å². The van der Waals surface area contributed by atoms with Crippen molar-refractivity contribution in [1.82, 2.24) is 15.5 Å². The third-order valence-corrected chi connectivity index (χ3v) is 6.00. The molecule has 1 aliphatic heterocycles. The summed E-state index contributed by atoms with van der Waals surface area (Å²) in [5.41, 5.74) is -0.00301. The molecule has 2 rings (SSSR count). The molecule has 7 nitrogen and oxygen atoms in total. The van der Waals surface area contributed by atoms with Gasteiger partial charge in [0.25, 0.3) is 11.5 Å². The van der Waals surface area contributed by atoms with E-state index in [1.165, 1.54) is 10.9 Å². The predicted molar refractivity (Wildman–Crippen MR) is 97.2 cm³/mol. The first-order valence-corrected chi connectivity index (χ1v) is 10.1. The van der Waals surface area contributed by atoms with Crippen LogP contribution in [0.25, 0.3) is 0 Å². The summed E-state index contributed by atoms with van der Waals surface area (Å²) in [4.78, 5) is 15.3. The molecule has 1 aromatic heterocycles. The van der Waals surface area contributed by atoms with Crippen LogP contribution in [0.2, 0.25) is 0 Å². The molecule has 2 N–H and O–H groups in total. The Kier molecular flexibility index (Phi) is 6.04. The van der Waals surface area contributed by atoms with Crippen molar-refractivity contribution >= 4 is 17.7 Å². The Morgan fingerprint density at radius 2 is 2.08 bits per heavy atom. The van der Waals surface area contributed by atoms with Crippen LogP contribution in [-0.4, -0.2) is 47.0 Å². The number of thioether (sulfide) groups is 1. The van der Waals surface area contributed by atoms with E-state index in [-0.39, 0.29) is 28.6 Å². The average molecular weight is 370 g/mol. The number of likely N-dealkylation sites (tertiary alicyclic amines) is 1. The van der Waals surface area contributed by atoms with E-state index in [0.717, 1.165) is 18.6 Å². The number of nitrogens with zero attached hydrogens (tertiary/aromatic N) is 3. The Hall–Kier alpha value is -1.28. The summed E-state index contributed by atoms with van der Waals surface area (Å²) in [5, 5.41) is 14.6. The van der Waals surface area contributed by atoms with Gasteiger partial charge in [0.1, 0.15) is 0 Å². The van der Waals surface area contributed by atoms with E-state index in [1.54, 1.807) is 11.8 Å². The van der Waals surface area contributed by atoms with Gasteiger partial charge in [-0.1, -0.05) is 0 Å². The van der Waals surface area contributed by atoms with Gasteiger partial charge in [0.15, 0.2) is 0 Å². The summed E-state index contributed by atoms with van der Waals surface area (Å²) < 4.78 is 6.30. The molecule has 2 heterocycles. The van der Waals surface area contributed by atoms with E-state index in [0.29, 0.717) is 6.42 Å². The maximum Gasteiger partial charge on any atom is 0.288 e. The molecule has 0 aromatic carbocycles. The van der Waals surface area contributed by atoms with Crippen LogP contribution in [-0.2, 0) is 4.79 Å². The molecule has 1 unspecified atom stereocenters. The molecule has 1 atom stereocenters. The highest BCUT2D eigenvalue weighted by Crippen LogP contribution is 2.36. The minimum atomic E-state index is -0.443. The first-order chi connectivity index (χ1) is 11.6. The van der Waals surface area contributed by atoms with Crippen LogP contribution >= 0.6 is 11.8 Å². The fourth-order valence-corrected chi connectivity index (χ4v) is 4.25. The van der Waals surface area contributed by atoms with Gasteiger partial charge in [-0.2, -0.15) is 11.8 Å². The van der Waals surface area contributed by atoms with Gasteiger partial charge in [0, 0.05) is 23.5 Å². The van der Waals surface area contributed by atoms with Crippen molar-refractivity contribution in [3.05, 3.63) is 11.8 Å². The van der Waals surface area contributed by atoms with Crippen molar-refractivity contribution in [1.29, 1.82) is 5.41 Å². The highest BCUT2D eigenvalue weighted by Gasteiger charge is 2.44. The van der Waals surface area contributed by atoms with E-state index in [4.69, 9.17) is 9.93 Å². The molecule has 25 heavy (non-hydrogen) atoms. The third-order valence-electron chi connectivity index (χ3n) is 5.35. The normalized spacial score (nSPS) is 21.8. The number of rotatable bonds is 6. The second-order valence-electron chi connectivity index (χ2n) is 8.14. The molecule has 8 heteroatoms. The Morgan fingerprint density at radius 1 is 1.48 bits per heavy atom. The molecular weight excluding hydrogens is 338 g/mol. The smallest absolute Gasteiger partial charge is 0.288 e. The predicted octanol–water partition coefficient (Wildman–Crippen LogP) is 1.07. The van der Waals surface area contributed by atoms with Crippen LogP contribution in [0.4, 0.5) is 0 Å². The van der Waals surface area contributed by atoms with Crippen molar-refractivity contribution in [3.8, 4) is 0 Å². The van der Waals surface area contributed by atoms with Gasteiger partial charge in [-0.25, -0.2) is 4.68 Å². The van der Waals surface area contributed by atoms with Crippen LogP contribution in [0.1, 0.15) is 53.0 Å². The minimum absolute atomic E-state index is 0.0177. The van der Waals surface area contributed by atoms with Gasteiger partial charge in [-0.05, 0) is 59.6 Å². The molecule has 1 amide bonds. The first kappa shape index (κ1) is 20.0. The molecule has 1 fully saturated rings. The van der Waals surface area contributed by atoms with Crippen LogP contribution in [0.15, 0.2) is 10.7 Å². The van der Waals surface area contributed by atoms with Crippen molar-refractivity contribution in [2.24, 2.45) is 0 Å². The number of hydrogen-bond donors (Lipinski definition) is 2. The molecule has 0 spiro atoms. The standard InChI is InChI=1S/C17H31N5O2S/c1-16(2)9-12(10-17(3,4)21(16)5)19-15(23)13(7-8-25-6)22-11-14(18)24-20-22/h11-13,18H,7-10H2,1-6H3,(H,19,23). The highest BCUT2D eigenvalue weighted by molar-refractivity contribution is 7.98. The van der Waals surface area contributed by atoms with Gasteiger partial charge in [0.05, 0.1) is 0 Å². The lowest BCUT2D eigenvalue weighted by atomic mass is 9.77. The average Bonchev–Trinajstić information content (AvgIpc) is 2.91. The molecule has 0 radical (unpaired) electrons. The summed E-state index contributed by atoms with van der Waals surface area (Å²) in [5.74, 6) is 0.795. The quantitative estimate of drug-likeness (QED) is 0.733. The number of nitrogens with one attached hydrogen (secondary N) is 2. The van der Waals surface area contributed by atoms with Gasteiger partial charge >= 0.3 is 0 Å². The van der Waals surface area contributed by atoms with E-state index in [2.05, 4.69) is 50.2 Å². The van der Waals surface area contributed by atoms with Crippen molar-refractivity contribution < 1.29 is 14.0 Å². The Bertz CT molecular complexity index is 633. The molecule has 0 saturated carbocycles. The second-order valence-corrected chi connectivity index (χ2v) is 9.13. The monoisotopic (exact) mass is 369 g/mol. The van der Waals surface area contributed by atoms with E-state index in [9.17, 15) is 4.79 Å². The molecule has 1 aliphatic rings. The van der Waals surface area contributed by atoms with Crippen LogP contribution in [0.5, 0.6) is 0 Å². The molecular formula is C17H31N5O2S. The lowest BCUT2D eigenvalue weighted by Gasteiger charge is -2.53. The lowest BCUT2D eigenvalue weighted by Crippen LogP contribution is -2.63. The van der Waals surface area contributed by atoms with Gasteiger partial charge < -0.3 is 9.84 Å². The molecule has 1 saturated heterocycles. The molecule has 1 aromatic rings. The molecule has 0 bridgehead atoms. The first-order valence-electron chi connectivity index (χ1n) is 8.70. The highest BCUT2D eigenvalue weighted by atomic mass is 32.2. The number of amides is 1. The molecule has 0 aliphatic carbocycles. The minimum Gasteiger partial charge on any atom is -0.487 e. The van der Waals surface area contributed by atoms with Crippen LogP contribution in [0.3, 0.4) is 0 Å². The number of hydrogen-bond acceptors (Lipinski definition) is 5. The molecule has 142 valence electrons. The maximum absolute atomic E-state index is 12.9.